The van der Waals surface area contributed by atoms with Crippen LogP contribution in [-0.4, -0.2) is 35.5 Å². The number of ether oxygens (including phenoxy) is 1. The zero-order chi connectivity index (χ0) is 10.9. The first kappa shape index (κ1) is 11.2. The summed E-state index contributed by atoms with van der Waals surface area (Å²) < 4.78 is 18.6. The molecular weight excluding hydrogens is 189 g/mol. The zero-order valence-electron chi connectivity index (χ0n) is 8.62. The van der Waals surface area contributed by atoms with E-state index in [0.29, 0.717) is 0 Å². The van der Waals surface area contributed by atoms with Gasteiger partial charge in [-0.2, -0.15) is 0 Å². The van der Waals surface area contributed by atoms with Crippen molar-refractivity contribution in [1.82, 2.24) is 4.90 Å². The molecule has 1 aliphatic rings. The molecule has 1 rings (SSSR count). The van der Waals surface area contributed by atoms with E-state index in [-0.39, 0.29) is 13.0 Å². The third-order valence-corrected chi connectivity index (χ3v) is 2.52. The number of rotatable bonds is 2. The summed E-state index contributed by atoms with van der Waals surface area (Å²) in [5.41, 5.74) is -0.983. The van der Waals surface area contributed by atoms with E-state index in [1.807, 2.05) is 0 Å². The highest BCUT2D eigenvalue weighted by molar-refractivity contribution is 5.64. The Morgan fingerprint density at radius 2 is 2.36 bits per heavy atom. The molecule has 1 saturated heterocycles. The maximum Gasteiger partial charge on any atom is 0.139 e. The van der Waals surface area contributed by atoms with Crippen LogP contribution in [-0.2, 0) is 4.74 Å². The summed E-state index contributed by atoms with van der Waals surface area (Å²) in [6.45, 7) is 4.94. The molecule has 2 atom stereocenters. The second-order valence-electron chi connectivity index (χ2n) is 3.89. The molecule has 0 saturated carbocycles. The molecule has 1 aliphatic heterocycles. The topological polar surface area (TPSA) is 52.6 Å². The van der Waals surface area contributed by atoms with E-state index in [4.69, 9.17) is 4.74 Å². The van der Waals surface area contributed by atoms with Crippen LogP contribution in [0.5, 0.6) is 0 Å². The number of carboxylic acid groups (broad SMARTS) is 1. The molecule has 1 fully saturated rings. The van der Waals surface area contributed by atoms with Gasteiger partial charge in [0.15, 0.2) is 0 Å². The van der Waals surface area contributed by atoms with Gasteiger partial charge in [-0.25, -0.2) is 4.39 Å². The van der Waals surface area contributed by atoms with E-state index in [9.17, 15) is 14.3 Å². The van der Waals surface area contributed by atoms with Crippen molar-refractivity contribution in [3.05, 3.63) is 0 Å². The molecule has 0 aromatic heterocycles. The second kappa shape index (κ2) is 3.73. The van der Waals surface area contributed by atoms with Gasteiger partial charge in [0.1, 0.15) is 18.0 Å². The summed E-state index contributed by atoms with van der Waals surface area (Å²) in [7, 11) is 0. The molecule has 5 heteroatoms. The van der Waals surface area contributed by atoms with Crippen LogP contribution in [0.3, 0.4) is 0 Å². The van der Waals surface area contributed by atoms with Crippen LogP contribution in [0.15, 0.2) is 0 Å². The van der Waals surface area contributed by atoms with Gasteiger partial charge in [0.25, 0.3) is 0 Å². The van der Waals surface area contributed by atoms with E-state index >= 15 is 0 Å². The molecule has 0 aromatic carbocycles. The highest BCUT2D eigenvalue weighted by atomic mass is 19.1. The lowest BCUT2D eigenvalue weighted by atomic mass is 10.1. The van der Waals surface area contributed by atoms with E-state index < -0.39 is 24.0 Å². The highest BCUT2D eigenvalue weighted by Crippen LogP contribution is 2.30. The Bertz CT molecular complexity index is 232. The number of halogens is 1. The van der Waals surface area contributed by atoms with E-state index in [2.05, 4.69) is 0 Å². The molecule has 14 heavy (non-hydrogen) atoms. The third kappa shape index (κ3) is 1.82. The summed E-state index contributed by atoms with van der Waals surface area (Å²) >= 11 is 0. The largest absolute Gasteiger partial charge is 0.530 e. The molecule has 0 radical (unpaired) electrons. The van der Waals surface area contributed by atoms with Crippen LogP contribution < -0.4 is 5.11 Å². The lowest BCUT2D eigenvalue weighted by Gasteiger charge is -2.36. The van der Waals surface area contributed by atoms with Crippen molar-refractivity contribution < 1.29 is 19.0 Å². The first-order valence-corrected chi connectivity index (χ1v) is 4.68. The predicted molar refractivity (Wildman–Crippen MR) is 46.2 cm³/mol. The van der Waals surface area contributed by atoms with Gasteiger partial charge in [-0.3, -0.25) is 0 Å². The fourth-order valence-electron chi connectivity index (χ4n) is 1.73. The molecule has 1 heterocycles. The minimum atomic E-state index is -1.38. The lowest BCUT2D eigenvalue weighted by Crippen LogP contribution is -2.55. The van der Waals surface area contributed by atoms with Gasteiger partial charge in [-0.15, -0.1) is 0 Å². The first-order valence-electron chi connectivity index (χ1n) is 4.68. The first-order chi connectivity index (χ1) is 6.40. The Balaban J connectivity index is 2.84. The lowest BCUT2D eigenvalue weighted by molar-refractivity contribution is -0.277. The van der Waals surface area contributed by atoms with Crippen molar-refractivity contribution in [2.24, 2.45) is 0 Å². The van der Waals surface area contributed by atoms with Gasteiger partial charge in [-0.1, -0.05) is 6.92 Å². The summed E-state index contributed by atoms with van der Waals surface area (Å²) in [5.74, 6) is 0. The standard InChI is InChI=1S/C9H16FNO3/c1-4-6(10)7-5-14-9(2,3)11(7)8(12)13/h6-7H,4-5H2,1-3H3,(H,12,13)/p-1/t6-,7+/m0/s1. The molecule has 0 N–H and O–H groups in total. The van der Waals surface area contributed by atoms with Crippen molar-refractivity contribution in [3.8, 4) is 0 Å². The molecule has 1 amide bonds. The van der Waals surface area contributed by atoms with Gasteiger partial charge < -0.3 is 19.5 Å². The van der Waals surface area contributed by atoms with Crippen LogP contribution >= 0.6 is 0 Å². The molecule has 4 nitrogen and oxygen atoms in total. The van der Waals surface area contributed by atoms with Crippen LogP contribution in [0.25, 0.3) is 0 Å². The second-order valence-corrected chi connectivity index (χ2v) is 3.89. The van der Waals surface area contributed by atoms with Gasteiger partial charge >= 0.3 is 0 Å². The molecule has 0 unspecified atom stereocenters. The zero-order valence-corrected chi connectivity index (χ0v) is 8.62. The molecule has 82 valence electrons. The smallest absolute Gasteiger partial charge is 0.139 e. The number of amides is 1. The number of alkyl halides is 1. The summed E-state index contributed by atoms with van der Waals surface area (Å²) in [5, 5.41) is 10.8. The minimum Gasteiger partial charge on any atom is -0.530 e. The Kier molecular flexibility index (Phi) is 2.99. The monoisotopic (exact) mass is 204 g/mol. The van der Waals surface area contributed by atoms with Crippen LogP contribution in [0.2, 0.25) is 0 Å². The minimum absolute atomic E-state index is 0.0932. The average molecular weight is 204 g/mol. The third-order valence-electron chi connectivity index (χ3n) is 2.52. The van der Waals surface area contributed by atoms with E-state index in [0.717, 1.165) is 4.90 Å². The number of hydrogen-bond donors (Lipinski definition) is 0. The van der Waals surface area contributed by atoms with Crippen molar-refractivity contribution >= 4 is 6.09 Å². The summed E-state index contributed by atoms with van der Waals surface area (Å²) in [4.78, 5) is 11.8. The van der Waals surface area contributed by atoms with Crippen LogP contribution in [0, 0.1) is 0 Å². The van der Waals surface area contributed by atoms with Crippen molar-refractivity contribution in [3.63, 3.8) is 0 Å². The Morgan fingerprint density at radius 3 is 2.79 bits per heavy atom. The predicted octanol–water partition coefficient (Wildman–Crippen LogP) is 0.515. The fraction of sp³-hybridized carbons (Fsp3) is 0.889. The maximum absolute atomic E-state index is 13.4. The van der Waals surface area contributed by atoms with Gasteiger partial charge in [0, 0.05) is 0 Å². The number of hydrogen-bond acceptors (Lipinski definition) is 3. The Hall–Kier alpha value is -0.840. The Labute approximate surface area is 82.6 Å². The molecule has 0 spiro atoms. The number of carbonyl (C=O) groups excluding carboxylic acids is 1. The van der Waals surface area contributed by atoms with Crippen molar-refractivity contribution in [2.45, 2.75) is 45.1 Å². The SMILES string of the molecule is CC[C@H](F)[C@H]1COC(C)(C)N1C(=O)[O-]. The van der Waals surface area contributed by atoms with Gasteiger partial charge in [0.05, 0.1) is 12.6 Å². The van der Waals surface area contributed by atoms with Crippen LogP contribution in [0.4, 0.5) is 9.18 Å². The number of nitrogens with zero attached hydrogens (tertiary/aromatic N) is 1. The quantitative estimate of drug-likeness (QED) is 0.658. The van der Waals surface area contributed by atoms with Gasteiger partial charge in [0.2, 0.25) is 0 Å². The van der Waals surface area contributed by atoms with Crippen molar-refractivity contribution in [2.75, 3.05) is 6.61 Å². The molecule has 0 aliphatic carbocycles. The fourth-order valence-corrected chi connectivity index (χ4v) is 1.73. The maximum atomic E-state index is 13.4. The summed E-state index contributed by atoms with van der Waals surface area (Å²) in [6, 6.07) is -0.736. The van der Waals surface area contributed by atoms with E-state index in [1.54, 1.807) is 20.8 Å². The normalized spacial score (nSPS) is 27.7. The molecule has 0 aromatic rings. The summed E-state index contributed by atoms with van der Waals surface area (Å²) in [6.07, 6.45) is -2.31. The Morgan fingerprint density at radius 1 is 1.79 bits per heavy atom. The van der Waals surface area contributed by atoms with E-state index in [1.165, 1.54) is 0 Å². The highest BCUT2D eigenvalue weighted by Gasteiger charge is 2.43. The van der Waals surface area contributed by atoms with Crippen LogP contribution in [0.1, 0.15) is 27.2 Å². The molecular formula is C9H15FNO3-. The molecule has 0 bridgehead atoms. The van der Waals surface area contributed by atoms with Crippen molar-refractivity contribution in [1.29, 1.82) is 0 Å². The average Bonchev–Trinajstić information content (AvgIpc) is 2.39. The number of carbonyl (C=O) groups is 1. The van der Waals surface area contributed by atoms with Gasteiger partial charge in [-0.05, 0) is 20.3 Å².